The van der Waals surface area contributed by atoms with Crippen molar-refractivity contribution in [1.29, 1.82) is 0 Å². The van der Waals surface area contributed by atoms with Gasteiger partial charge in [0.1, 0.15) is 11.3 Å². The molecule has 0 amide bonds. The number of hydrogen-bond donors (Lipinski definition) is 0. The summed E-state index contributed by atoms with van der Waals surface area (Å²) in [7, 11) is 3.76. The SMILES string of the molecule is COc1ccc2c(c1)C(C)(C)C1(C=Cc3cc(Cl)c4cccnc4c3O1)N2C. The Hall–Kier alpha value is -2.72. The van der Waals surface area contributed by atoms with Crippen LogP contribution in [0.25, 0.3) is 17.0 Å². The van der Waals surface area contributed by atoms with Crippen LogP contribution in [0.15, 0.2) is 48.7 Å². The zero-order chi connectivity index (χ0) is 19.7. The van der Waals surface area contributed by atoms with Gasteiger partial charge in [-0.1, -0.05) is 11.6 Å². The molecule has 1 unspecified atom stereocenters. The van der Waals surface area contributed by atoms with E-state index in [2.05, 4.69) is 55.1 Å². The monoisotopic (exact) mass is 392 g/mol. The summed E-state index contributed by atoms with van der Waals surface area (Å²) in [6.07, 6.45) is 6.00. The van der Waals surface area contributed by atoms with Gasteiger partial charge in [-0.15, -0.1) is 0 Å². The zero-order valence-electron chi connectivity index (χ0n) is 16.3. The van der Waals surface area contributed by atoms with E-state index < -0.39 is 5.72 Å². The summed E-state index contributed by atoms with van der Waals surface area (Å²) in [5.41, 5.74) is 3.05. The van der Waals surface area contributed by atoms with Crippen molar-refractivity contribution in [2.45, 2.75) is 25.0 Å². The second-order valence-corrected chi connectivity index (χ2v) is 8.28. The van der Waals surface area contributed by atoms with Crippen LogP contribution in [-0.4, -0.2) is 24.9 Å². The molecule has 28 heavy (non-hydrogen) atoms. The van der Waals surface area contributed by atoms with Crippen LogP contribution < -0.4 is 14.4 Å². The summed E-state index contributed by atoms with van der Waals surface area (Å²) in [6, 6.07) is 12.0. The third-order valence-corrected chi connectivity index (χ3v) is 6.52. The summed E-state index contributed by atoms with van der Waals surface area (Å²) in [5.74, 6) is 1.61. The number of halogens is 1. The smallest absolute Gasteiger partial charge is 0.211 e. The van der Waals surface area contributed by atoms with Gasteiger partial charge in [-0.3, -0.25) is 4.98 Å². The molecule has 0 saturated heterocycles. The maximum atomic E-state index is 6.81. The molecule has 2 aliphatic rings. The fourth-order valence-corrected chi connectivity index (χ4v) is 4.83. The van der Waals surface area contributed by atoms with Crippen LogP contribution in [-0.2, 0) is 5.41 Å². The molecular weight excluding hydrogens is 372 g/mol. The normalized spacial score (nSPS) is 21.5. The van der Waals surface area contributed by atoms with Crippen molar-refractivity contribution in [2.75, 3.05) is 19.1 Å². The Morgan fingerprint density at radius 3 is 2.79 bits per heavy atom. The average Bonchev–Trinajstić information content (AvgIpc) is 2.87. The molecule has 1 atom stereocenters. The minimum Gasteiger partial charge on any atom is -0.497 e. The van der Waals surface area contributed by atoms with E-state index in [9.17, 15) is 0 Å². The van der Waals surface area contributed by atoms with Gasteiger partial charge >= 0.3 is 0 Å². The molecule has 4 nitrogen and oxygen atoms in total. The Bertz CT molecular complexity index is 1150. The molecule has 0 saturated carbocycles. The lowest BCUT2D eigenvalue weighted by Crippen LogP contribution is -2.58. The quantitative estimate of drug-likeness (QED) is 0.553. The minimum atomic E-state index is -0.674. The molecule has 0 radical (unpaired) electrons. The highest BCUT2D eigenvalue weighted by atomic mass is 35.5. The molecule has 2 aliphatic heterocycles. The number of hydrogen-bond acceptors (Lipinski definition) is 4. The fraction of sp³-hybridized carbons (Fsp3) is 0.261. The van der Waals surface area contributed by atoms with Crippen LogP contribution in [0.2, 0.25) is 5.02 Å². The zero-order valence-corrected chi connectivity index (χ0v) is 17.0. The van der Waals surface area contributed by atoms with Gasteiger partial charge in [0.25, 0.3) is 0 Å². The van der Waals surface area contributed by atoms with Crippen molar-refractivity contribution < 1.29 is 9.47 Å². The third-order valence-electron chi connectivity index (χ3n) is 6.20. The molecule has 0 N–H and O–H groups in total. The summed E-state index contributed by atoms with van der Waals surface area (Å²) < 4.78 is 12.3. The van der Waals surface area contributed by atoms with E-state index in [0.29, 0.717) is 5.02 Å². The van der Waals surface area contributed by atoms with E-state index >= 15 is 0 Å². The molecule has 1 spiro atoms. The first-order chi connectivity index (χ1) is 13.4. The van der Waals surface area contributed by atoms with Crippen molar-refractivity contribution >= 4 is 34.3 Å². The van der Waals surface area contributed by atoms with Gasteiger partial charge in [0.05, 0.1) is 17.5 Å². The highest BCUT2D eigenvalue weighted by Gasteiger charge is 2.58. The summed E-state index contributed by atoms with van der Waals surface area (Å²) >= 11 is 6.48. The van der Waals surface area contributed by atoms with Gasteiger partial charge in [-0.2, -0.15) is 0 Å². The average molecular weight is 393 g/mol. The molecule has 3 aromatic rings. The first-order valence-electron chi connectivity index (χ1n) is 9.27. The van der Waals surface area contributed by atoms with Crippen LogP contribution in [0, 0.1) is 0 Å². The molecule has 0 bridgehead atoms. The number of fused-ring (bicyclic) bond motifs is 4. The molecule has 142 valence electrons. The molecule has 5 rings (SSSR count). The Kier molecular flexibility index (Phi) is 3.50. The number of rotatable bonds is 1. The van der Waals surface area contributed by atoms with Crippen LogP contribution >= 0.6 is 11.6 Å². The predicted molar refractivity (Wildman–Crippen MR) is 114 cm³/mol. The lowest BCUT2D eigenvalue weighted by atomic mass is 9.76. The van der Waals surface area contributed by atoms with Gasteiger partial charge in [0.2, 0.25) is 5.72 Å². The molecular formula is C23H21ClN2O2. The number of nitrogens with zero attached hydrogens (tertiary/aromatic N) is 2. The second-order valence-electron chi connectivity index (χ2n) is 7.88. The lowest BCUT2D eigenvalue weighted by Gasteiger charge is -2.45. The van der Waals surface area contributed by atoms with E-state index in [1.54, 1.807) is 13.3 Å². The second kappa shape index (κ2) is 5.65. The van der Waals surface area contributed by atoms with Crippen LogP contribution in [0.4, 0.5) is 5.69 Å². The van der Waals surface area contributed by atoms with Crippen LogP contribution in [0.3, 0.4) is 0 Å². The van der Waals surface area contributed by atoms with Crippen molar-refractivity contribution in [3.05, 3.63) is 64.8 Å². The van der Waals surface area contributed by atoms with E-state index in [1.807, 2.05) is 24.3 Å². The predicted octanol–water partition coefficient (Wildman–Crippen LogP) is 5.43. The summed E-state index contributed by atoms with van der Waals surface area (Å²) in [4.78, 5) is 6.78. The summed E-state index contributed by atoms with van der Waals surface area (Å²) in [6.45, 7) is 4.41. The number of pyridine rings is 1. The highest BCUT2D eigenvalue weighted by molar-refractivity contribution is 6.35. The Balaban J connectivity index is 1.73. The number of ether oxygens (including phenoxy) is 2. The van der Waals surface area contributed by atoms with E-state index in [1.165, 1.54) is 5.56 Å². The van der Waals surface area contributed by atoms with Crippen LogP contribution in [0.1, 0.15) is 25.0 Å². The largest absolute Gasteiger partial charge is 0.497 e. The fourth-order valence-electron chi connectivity index (χ4n) is 4.56. The minimum absolute atomic E-state index is 0.319. The number of benzene rings is 2. The van der Waals surface area contributed by atoms with Gasteiger partial charge in [-0.05, 0) is 68.0 Å². The molecule has 5 heteroatoms. The van der Waals surface area contributed by atoms with Crippen LogP contribution in [0.5, 0.6) is 11.5 Å². The first-order valence-corrected chi connectivity index (χ1v) is 9.65. The van der Waals surface area contributed by atoms with E-state index in [0.717, 1.165) is 33.7 Å². The van der Waals surface area contributed by atoms with Gasteiger partial charge in [-0.25, -0.2) is 0 Å². The molecule has 0 fully saturated rings. The highest BCUT2D eigenvalue weighted by Crippen LogP contribution is 2.55. The maximum Gasteiger partial charge on any atom is 0.211 e. The number of likely N-dealkylation sites (N-methyl/N-ethyl adjacent to an activating group) is 1. The van der Waals surface area contributed by atoms with Crippen molar-refractivity contribution in [2.24, 2.45) is 0 Å². The van der Waals surface area contributed by atoms with Crippen molar-refractivity contribution in [1.82, 2.24) is 4.98 Å². The van der Waals surface area contributed by atoms with Crippen molar-refractivity contribution in [3.63, 3.8) is 0 Å². The summed E-state index contributed by atoms with van der Waals surface area (Å²) in [5, 5.41) is 1.57. The molecule has 0 aliphatic carbocycles. The number of methoxy groups -OCH3 is 1. The maximum absolute atomic E-state index is 6.81. The van der Waals surface area contributed by atoms with Gasteiger partial charge in [0, 0.05) is 29.9 Å². The molecule has 3 heterocycles. The molecule has 1 aromatic heterocycles. The topological polar surface area (TPSA) is 34.6 Å². The molecule has 2 aromatic carbocycles. The first kappa shape index (κ1) is 17.4. The van der Waals surface area contributed by atoms with E-state index in [4.69, 9.17) is 21.1 Å². The van der Waals surface area contributed by atoms with Crippen molar-refractivity contribution in [3.8, 4) is 11.5 Å². The van der Waals surface area contributed by atoms with Gasteiger partial charge in [0.15, 0.2) is 5.75 Å². The third kappa shape index (κ3) is 2.04. The van der Waals surface area contributed by atoms with E-state index in [-0.39, 0.29) is 5.41 Å². The Labute approximate surface area is 169 Å². The standard InChI is InChI=1S/C23H21ClN2O2/c1-22(2)17-13-15(27-4)7-8-19(17)26(3)23(22)10-9-14-12-18(24)16-6-5-11-25-20(16)21(14)28-23/h5-13H,1-4H3. The number of aromatic nitrogens is 1. The Morgan fingerprint density at radius 1 is 1.18 bits per heavy atom. The van der Waals surface area contributed by atoms with Gasteiger partial charge < -0.3 is 14.4 Å². The lowest BCUT2D eigenvalue weighted by molar-refractivity contribution is 0.0596. The Morgan fingerprint density at radius 2 is 2.00 bits per heavy atom. The number of anilines is 1.